The Morgan fingerprint density at radius 2 is 1.93 bits per heavy atom. The van der Waals surface area contributed by atoms with Crippen molar-refractivity contribution in [2.24, 2.45) is 5.73 Å². The number of amides is 2. The summed E-state index contributed by atoms with van der Waals surface area (Å²) in [7, 11) is 0. The Labute approximate surface area is 161 Å². The molecule has 27 heavy (non-hydrogen) atoms. The van der Waals surface area contributed by atoms with Crippen LogP contribution in [0.15, 0.2) is 54.6 Å². The first kappa shape index (κ1) is 19.4. The second kappa shape index (κ2) is 9.01. The highest BCUT2D eigenvalue weighted by molar-refractivity contribution is 8.00. The molecule has 0 spiro atoms. The number of carbonyl (C=O) groups excluding carboxylic acids is 2. The zero-order valence-corrected chi connectivity index (χ0v) is 15.5. The van der Waals surface area contributed by atoms with Crippen molar-refractivity contribution in [2.45, 2.75) is 23.8 Å². The average molecular weight is 387 g/mol. The molecule has 0 radical (unpaired) electrons. The molecular formula is C20H22FN3O2S. The van der Waals surface area contributed by atoms with Gasteiger partial charge in [0.1, 0.15) is 11.9 Å². The summed E-state index contributed by atoms with van der Waals surface area (Å²) in [5, 5.41) is 5.12. The highest BCUT2D eigenvalue weighted by Gasteiger charge is 2.32. The third kappa shape index (κ3) is 5.08. The van der Waals surface area contributed by atoms with Crippen molar-refractivity contribution in [2.75, 3.05) is 12.3 Å². The first-order chi connectivity index (χ1) is 13.0. The quantitative estimate of drug-likeness (QED) is 0.706. The summed E-state index contributed by atoms with van der Waals surface area (Å²) in [6.45, 7) is 0.290. The Morgan fingerprint density at radius 3 is 2.63 bits per heavy atom. The minimum absolute atomic E-state index is 0.248. The van der Waals surface area contributed by atoms with Crippen LogP contribution in [-0.4, -0.2) is 35.4 Å². The van der Waals surface area contributed by atoms with Gasteiger partial charge < -0.3 is 16.4 Å². The summed E-state index contributed by atoms with van der Waals surface area (Å²) < 4.78 is 13.8. The number of hydrogen-bond donors (Lipinski definition) is 3. The maximum Gasteiger partial charge on any atom is 0.243 e. The minimum atomic E-state index is -0.609. The van der Waals surface area contributed by atoms with Crippen LogP contribution in [0.1, 0.15) is 17.2 Å². The molecule has 0 aliphatic carbocycles. The molecule has 0 bridgehead atoms. The van der Waals surface area contributed by atoms with E-state index in [1.54, 1.807) is 18.2 Å². The Morgan fingerprint density at radius 1 is 1.22 bits per heavy atom. The van der Waals surface area contributed by atoms with Gasteiger partial charge in [0.2, 0.25) is 11.8 Å². The molecule has 1 fully saturated rings. The standard InChI is InChI=1S/C20H22FN3O2S/c21-15-9-5-4-8-14(15)10-18-20(26)24-17(12-27-18)19(25)23-11-16(22)13-6-2-1-3-7-13/h1-9,16-18H,10-12,22H2,(H,23,25)(H,24,26). The van der Waals surface area contributed by atoms with E-state index in [2.05, 4.69) is 10.6 Å². The number of carbonyl (C=O) groups is 2. The number of rotatable bonds is 6. The Kier molecular flexibility index (Phi) is 6.47. The fraction of sp³-hybridized carbons (Fsp3) is 0.300. The maximum atomic E-state index is 13.8. The van der Waals surface area contributed by atoms with Gasteiger partial charge >= 0.3 is 0 Å². The van der Waals surface area contributed by atoms with E-state index in [4.69, 9.17) is 5.73 Å². The second-order valence-corrected chi connectivity index (χ2v) is 7.68. The topological polar surface area (TPSA) is 84.2 Å². The molecule has 0 aromatic heterocycles. The molecule has 4 N–H and O–H groups in total. The van der Waals surface area contributed by atoms with Crippen LogP contribution in [0, 0.1) is 5.82 Å². The molecule has 5 nitrogen and oxygen atoms in total. The van der Waals surface area contributed by atoms with E-state index in [-0.39, 0.29) is 23.7 Å². The molecule has 1 aliphatic heterocycles. The summed E-state index contributed by atoms with van der Waals surface area (Å²) in [6.07, 6.45) is 0.302. The van der Waals surface area contributed by atoms with Crippen molar-refractivity contribution < 1.29 is 14.0 Å². The normalized spacial score (nSPS) is 20.6. The van der Waals surface area contributed by atoms with E-state index < -0.39 is 11.3 Å². The van der Waals surface area contributed by atoms with Crippen LogP contribution in [0.3, 0.4) is 0 Å². The number of benzene rings is 2. The van der Waals surface area contributed by atoms with Gasteiger partial charge in [-0.15, -0.1) is 11.8 Å². The van der Waals surface area contributed by atoms with Crippen molar-refractivity contribution in [3.63, 3.8) is 0 Å². The maximum absolute atomic E-state index is 13.8. The third-order valence-corrected chi connectivity index (χ3v) is 5.79. The lowest BCUT2D eigenvalue weighted by Gasteiger charge is -2.28. The van der Waals surface area contributed by atoms with E-state index in [0.717, 1.165) is 5.56 Å². The lowest BCUT2D eigenvalue weighted by atomic mass is 10.1. The van der Waals surface area contributed by atoms with Crippen molar-refractivity contribution >= 4 is 23.6 Å². The first-order valence-electron chi connectivity index (χ1n) is 8.78. The van der Waals surface area contributed by atoms with Crippen LogP contribution in [0.4, 0.5) is 4.39 Å². The zero-order chi connectivity index (χ0) is 19.2. The molecule has 2 aromatic rings. The van der Waals surface area contributed by atoms with Crippen LogP contribution >= 0.6 is 11.8 Å². The van der Waals surface area contributed by atoms with E-state index in [9.17, 15) is 14.0 Å². The second-order valence-electron chi connectivity index (χ2n) is 6.44. The predicted octanol–water partition coefficient (Wildman–Crippen LogP) is 1.78. The lowest BCUT2D eigenvalue weighted by molar-refractivity contribution is -0.128. The van der Waals surface area contributed by atoms with Crippen LogP contribution in [0.25, 0.3) is 0 Å². The number of hydrogen-bond acceptors (Lipinski definition) is 4. The molecule has 1 saturated heterocycles. The molecule has 7 heteroatoms. The van der Waals surface area contributed by atoms with E-state index in [0.29, 0.717) is 24.3 Å². The van der Waals surface area contributed by atoms with E-state index in [1.165, 1.54) is 17.8 Å². The van der Waals surface area contributed by atoms with E-state index >= 15 is 0 Å². The van der Waals surface area contributed by atoms with Gasteiger partial charge in [-0.2, -0.15) is 0 Å². The smallest absolute Gasteiger partial charge is 0.243 e. The van der Waals surface area contributed by atoms with Gasteiger partial charge in [0.15, 0.2) is 0 Å². The summed E-state index contributed by atoms with van der Waals surface area (Å²) >= 11 is 1.37. The van der Waals surface area contributed by atoms with Gasteiger partial charge in [-0.3, -0.25) is 9.59 Å². The molecular weight excluding hydrogens is 365 g/mol. The molecule has 2 amide bonds. The lowest BCUT2D eigenvalue weighted by Crippen LogP contribution is -2.55. The summed E-state index contributed by atoms with van der Waals surface area (Å²) in [5.41, 5.74) is 7.52. The van der Waals surface area contributed by atoms with Crippen LogP contribution in [-0.2, 0) is 16.0 Å². The summed E-state index contributed by atoms with van der Waals surface area (Å²) in [6, 6.07) is 15.0. The van der Waals surface area contributed by atoms with Crippen molar-refractivity contribution in [3.05, 3.63) is 71.5 Å². The molecule has 1 aliphatic rings. The van der Waals surface area contributed by atoms with Gasteiger partial charge in [0, 0.05) is 18.3 Å². The van der Waals surface area contributed by atoms with Crippen molar-refractivity contribution in [3.8, 4) is 0 Å². The highest BCUT2D eigenvalue weighted by Crippen LogP contribution is 2.23. The largest absolute Gasteiger partial charge is 0.352 e. The first-order valence-corrected chi connectivity index (χ1v) is 9.83. The van der Waals surface area contributed by atoms with Gasteiger partial charge in [-0.25, -0.2) is 4.39 Å². The van der Waals surface area contributed by atoms with Crippen LogP contribution < -0.4 is 16.4 Å². The fourth-order valence-corrected chi connectivity index (χ4v) is 4.08. The number of thioether (sulfide) groups is 1. The average Bonchev–Trinajstić information content (AvgIpc) is 2.69. The monoisotopic (exact) mass is 387 g/mol. The van der Waals surface area contributed by atoms with Gasteiger partial charge in [0.05, 0.1) is 5.25 Å². The Bertz CT molecular complexity index is 803. The molecule has 1 heterocycles. The summed E-state index contributed by atoms with van der Waals surface area (Å²) in [5.74, 6) is -0.383. The van der Waals surface area contributed by atoms with Crippen LogP contribution in [0.5, 0.6) is 0 Å². The molecule has 3 atom stereocenters. The zero-order valence-electron chi connectivity index (χ0n) is 14.7. The molecule has 142 valence electrons. The predicted molar refractivity (Wildman–Crippen MR) is 105 cm³/mol. The Hall–Kier alpha value is -2.38. The number of halogens is 1. The SMILES string of the molecule is NC(CNC(=O)C1CSC(Cc2ccccc2F)C(=O)N1)c1ccccc1. The van der Waals surface area contributed by atoms with E-state index in [1.807, 2.05) is 30.3 Å². The van der Waals surface area contributed by atoms with Gasteiger partial charge in [-0.1, -0.05) is 48.5 Å². The van der Waals surface area contributed by atoms with Crippen molar-refractivity contribution in [1.29, 1.82) is 0 Å². The molecule has 3 unspecified atom stereocenters. The highest BCUT2D eigenvalue weighted by atomic mass is 32.2. The molecule has 0 saturated carbocycles. The molecule has 3 rings (SSSR count). The minimum Gasteiger partial charge on any atom is -0.352 e. The fourth-order valence-electron chi connectivity index (χ4n) is 2.90. The molecule has 2 aromatic carbocycles. The summed E-state index contributed by atoms with van der Waals surface area (Å²) in [4.78, 5) is 24.7. The number of nitrogens with one attached hydrogen (secondary N) is 2. The Balaban J connectivity index is 1.49. The number of nitrogens with two attached hydrogens (primary N) is 1. The van der Waals surface area contributed by atoms with Crippen LogP contribution in [0.2, 0.25) is 0 Å². The van der Waals surface area contributed by atoms with Gasteiger partial charge in [0.25, 0.3) is 0 Å². The van der Waals surface area contributed by atoms with Crippen molar-refractivity contribution in [1.82, 2.24) is 10.6 Å². The van der Waals surface area contributed by atoms with Gasteiger partial charge in [-0.05, 0) is 23.6 Å². The third-order valence-electron chi connectivity index (χ3n) is 4.48.